The van der Waals surface area contributed by atoms with Gasteiger partial charge in [-0.1, -0.05) is 30.3 Å². The molecule has 2 aromatic rings. The lowest BCUT2D eigenvalue weighted by molar-refractivity contribution is 0.404. The van der Waals surface area contributed by atoms with Gasteiger partial charge in [-0.05, 0) is 50.3 Å². The van der Waals surface area contributed by atoms with E-state index in [9.17, 15) is 0 Å². The Morgan fingerprint density at radius 1 is 1.00 bits per heavy atom. The predicted octanol–water partition coefficient (Wildman–Crippen LogP) is 3.98. The molecule has 1 aromatic carbocycles. The first-order chi connectivity index (χ1) is 11.8. The van der Waals surface area contributed by atoms with Gasteiger partial charge in [-0.15, -0.1) is 0 Å². The van der Waals surface area contributed by atoms with Crippen molar-refractivity contribution in [2.24, 2.45) is 5.92 Å². The monoisotopic (exact) mass is 321 g/mol. The summed E-state index contributed by atoms with van der Waals surface area (Å²) >= 11 is 0. The highest BCUT2D eigenvalue weighted by atomic mass is 15.3. The molecule has 2 atom stereocenters. The normalized spacial score (nSPS) is 27.7. The summed E-state index contributed by atoms with van der Waals surface area (Å²) in [5.41, 5.74) is 4.35. The molecule has 1 aliphatic heterocycles. The van der Waals surface area contributed by atoms with Crippen LogP contribution < -0.4 is 0 Å². The Hall–Kier alpha value is -1.61. The van der Waals surface area contributed by atoms with Crippen molar-refractivity contribution < 1.29 is 0 Å². The van der Waals surface area contributed by atoms with Crippen molar-refractivity contribution in [3.8, 4) is 0 Å². The van der Waals surface area contributed by atoms with Gasteiger partial charge in [-0.2, -0.15) is 5.10 Å². The lowest BCUT2D eigenvalue weighted by Crippen LogP contribution is -2.16. The van der Waals surface area contributed by atoms with Gasteiger partial charge in [0.05, 0.1) is 5.69 Å². The topological polar surface area (TPSA) is 21.1 Å². The van der Waals surface area contributed by atoms with Crippen molar-refractivity contribution in [2.45, 2.75) is 50.0 Å². The molecule has 3 aliphatic rings. The van der Waals surface area contributed by atoms with Crippen LogP contribution in [-0.4, -0.2) is 34.8 Å². The maximum Gasteiger partial charge on any atom is 0.0658 e. The third-order valence-corrected chi connectivity index (χ3v) is 6.06. The molecule has 126 valence electrons. The van der Waals surface area contributed by atoms with Crippen LogP contribution in [0.4, 0.5) is 0 Å². The number of likely N-dealkylation sites (tertiary alicyclic amines) is 1. The highest BCUT2D eigenvalue weighted by Gasteiger charge is 2.37. The number of hydrogen-bond acceptors (Lipinski definition) is 2. The summed E-state index contributed by atoms with van der Waals surface area (Å²) < 4.78 is 2.39. The average molecular weight is 321 g/mol. The fraction of sp³-hybridized carbons (Fsp3) is 0.571. The van der Waals surface area contributed by atoms with Crippen LogP contribution in [0, 0.1) is 5.92 Å². The van der Waals surface area contributed by atoms with Crippen molar-refractivity contribution in [1.82, 2.24) is 14.7 Å². The minimum atomic E-state index is 0.580. The maximum atomic E-state index is 5.05. The Balaban J connectivity index is 1.50. The maximum absolute atomic E-state index is 5.05. The molecule has 24 heavy (non-hydrogen) atoms. The molecule has 0 radical (unpaired) electrons. The van der Waals surface area contributed by atoms with E-state index in [4.69, 9.17) is 5.10 Å². The van der Waals surface area contributed by atoms with Crippen LogP contribution in [0.5, 0.6) is 0 Å². The van der Waals surface area contributed by atoms with E-state index in [0.717, 1.165) is 31.5 Å². The van der Waals surface area contributed by atoms with E-state index in [2.05, 4.69) is 53.0 Å². The van der Waals surface area contributed by atoms with E-state index < -0.39 is 0 Å². The molecule has 0 bridgehead atoms. The Bertz CT molecular complexity index is 712. The van der Waals surface area contributed by atoms with Gasteiger partial charge in [0.1, 0.15) is 0 Å². The highest BCUT2D eigenvalue weighted by molar-refractivity contribution is 5.30. The summed E-state index contributed by atoms with van der Waals surface area (Å²) in [6.07, 6.45) is 5.47. The summed E-state index contributed by atoms with van der Waals surface area (Å²) in [6, 6.07) is 13.6. The summed E-state index contributed by atoms with van der Waals surface area (Å²) in [5.74, 6) is 2.80. The molecule has 1 saturated heterocycles. The van der Waals surface area contributed by atoms with E-state index in [0.29, 0.717) is 11.8 Å². The first-order valence-corrected chi connectivity index (χ1v) is 9.59. The molecule has 0 N–H and O–H groups in total. The third kappa shape index (κ3) is 2.79. The van der Waals surface area contributed by atoms with Gasteiger partial charge in [0.2, 0.25) is 0 Å². The summed E-state index contributed by atoms with van der Waals surface area (Å²) in [6.45, 7) is 3.45. The number of likely N-dealkylation sites (N-methyl/N-ethyl adjacent to an activating group) is 1. The zero-order chi connectivity index (χ0) is 16.1. The van der Waals surface area contributed by atoms with E-state index in [1.165, 1.54) is 42.6 Å². The second-order valence-corrected chi connectivity index (χ2v) is 8.24. The minimum Gasteiger partial charge on any atom is -0.305 e. The van der Waals surface area contributed by atoms with Crippen molar-refractivity contribution in [3.05, 3.63) is 53.3 Å². The van der Waals surface area contributed by atoms with Gasteiger partial charge < -0.3 is 4.90 Å². The van der Waals surface area contributed by atoms with Crippen LogP contribution in [0.2, 0.25) is 0 Å². The summed E-state index contributed by atoms with van der Waals surface area (Å²) in [7, 11) is 2.26. The van der Waals surface area contributed by atoms with E-state index in [1.54, 1.807) is 0 Å². The fourth-order valence-electron chi connectivity index (χ4n) is 4.36. The van der Waals surface area contributed by atoms with E-state index >= 15 is 0 Å². The molecule has 1 aromatic heterocycles. The van der Waals surface area contributed by atoms with Crippen LogP contribution in [0.3, 0.4) is 0 Å². The van der Waals surface area contributed by atoms with Crippen molar-refractivity contribution in [1.29, 1.82) is 0 Å². The first-order valence-electron chi connectivity index (χ1n) is 9.59. The van der Waals surface area contributed by atoms with Crippen LogP contribution in [-0.2, 0) is 6.54 Å². The van der Waals surface area contributed by atoms with Crippen molar-refractivity contribution in [2.75, 3.05) is 20.1 Å². The third-order valence-electron chi connectivity index (χ3n) is 6.06. The largest absolute Gasteiger partial charge is 0.305 e. The molecule has 3 nitrogen and oxygen atoms in total. The van der Waals surface area contributed by atoms with Gasteiger partial charge in [0.25, 0.3) is 0 Å². The first kappa shape index (κ1) is 14.7. The molecule has 2 aliphatic carbocycles. The number of hydrogen-bond donors (Lipinski definition) is 0. The zero-order valence-electron chi connectivity index (χ0n) is 14.6. The van der Waals surface area contributed by atoms with Gasteiger partial charge >= 0.3 is 0 Å². The van der Waals surface area contributed by atoms with Crippen LogP contribution in [0.15, 0.2) is 36.4 Å². The quantitative estimate of drug-likeness (QED) is 0.830. The van der Waals surface area contributed by atoms with Gasteiger partial charge in [-0.25, -0.2) is 0 Å². The van der Waals surface area contributed by atoms with Crippen LogP contribution >= 0.6 is 0 Å². The molecule has 0 amide bonds. The number of nitrogens with zero attached hydrogens (tertiary/aromatic N) is 3. The van der Waals surface area contributed by atoms with Gasteiger partial charge in [-0.3, -0.25) is 4.68 Å². The number of rotatable bonds is 5. The molecule has 3 fully saturated rings. The smallest absolute Gasteiger partial charge is 0.0658 e. The van der Waals surface area contributed by atoms with E-state index in [1.807, 2.05) is 0 Å². The Morgan fingerprint density at radius 2 is 1.75 bits per heavy atom. The molecule has 2 saturated carbocycles. The second kappa shape index (κ2) is 5.73. The predicted molar refractivity (Wildman–Crippen MR) is 96.3 cm³/mol. The van der Waals surface area contributed by atoms with Crippen molar-refractivity contribution in [3.63, 3.8) is 0 Å². The molecule has 2 unspecified atom stereocenters. The minimum absolute atomic E-state index is 0.580. The number of aromatic nitrogens is 2. The molecular weight excluding hydrogens is 294 g/mol. The van der Waals surface area contributed by atoms with Gasteiger partial charge in [0.15, 0.2) is 0 Å². The number of benzene rings is 1. The standard InChI is InChI=1S/C21H27N3/c1-23-13-18(16-5-3-2-4-6-16)19(14-23)21-11-20(17-9-10-17)22-24(21)12-15-7-8-15/h2-6,11,15,17-19H,7-10,12-14H2,1H3. The fourth-order valence-corrected chi connectivity index (χ4v) is 4.36. The SMILES string of the molecule is CN1CC(c2ccccc2)C(c2cc(C3CC3)nn2CC2CC2)C1. The highest BCUT2D eigenvalue weighted by Crippen LogP contribution is 2.44. The molecule has 5 rings (SSSR count). The van der Waals surface area contributed by atoms with Crippen molar-refractivity contribution >= 4 is 0 Å². The lowest BCUT2D eigenvalue weighted by atomic mass is 9.86. The molecule has 2 heterocycles. The lowest BCUT2D eigenvalue weighted by Gasteiger charge is -2.20. The van der Waals surface area contributed by atoms with Gasteiger partial charge in [0, 0.05) is 43.1 Å². The molecular formula is C21H27N3. The Morgan fingerprint density at radius 3 is 2.46 bits per heavy atom. The van der Waals surface area contributed by atoms with E-state index in [-0.39, 0.29) is 0 Å². The van der Waals surface area contributed by atoms with Crippen LogP contribution in [0.25, 0.3) is 0 Å². The summed E-state index contributed by atoms with van der Waals surface area (Å²) in [5, 5.41) is 5.05. The van der Waals surface area contributed by atoms with Crippen LogP contribution in [0.1, 0.15) is 60.4 Å². The average Bonchev–Trinajstić information content (AvgIpc) is 3.51. The Kier molecular flexibility index (Phi) is 3.51. The molecule has 3 heteroatoms. The summed E-state index contributed by atoms with van der Waals surface area (Å²) in [4.78, 5) is 2.49. The second-order valence-electron chi connectivity index (χ2n) is 8.24. The zero-order valence-corrected chi connectivity index (χ0v) is 14.6. The molecule has 0 spiro atoms. The Labute approximate surface area is 144 Å².